The number of benzene rings is 2. The number of hydrogen-bond acceptors (Lipinski definition) is 3. The number of hydrogen-bond donors (Lipinski definition) is 1. The van der Waals surface area contributed by atoms with E-state index in [1.165, 1.54) is 18.2 Å². The Labute approximate surface area is 128 Å². The molecule has 0 aromatic heterocycles. The summed E-state index contributed by atoms with van der Waals surface area (Å²) in [7, 11) is 3.12. The van der Waals surface area contributed by atoms with Gasteiger partial charge < -0.3 is 14.8 Å². The third kappa shape index (κ3) is 3.55. The second-order valence-corrected chi connectivity index (χ2v) is 4.82. The summed E-state index contributed by atoms with van der Waals surface area (Å²) in [6.45, 7) is 1.85. The van der Waals surface area contributed by atoms with Crippen LogP contribution in [0.15, 0.2) is 42.5 Å². The van der Waals surface area contributed by atoms with Crippen LogP contribution in [0.4, 0.5) is 4.39 Å². The van der Waals surface area contributed by atoms with Crippen LogP contribution in [0.1, 0.15) is 28.9 Å². The van der Waals surface area contributed by atoms with Gasteiger partial charge in [0.05, 0.1) is 20.3 Å². The molecule has 1 atom stereocenters. The van der Waals surface area contributed by atoms with E-state index in [0.717, 1.165) is 5.56 Å². The molecule has 4 nitrogen and oxygen atoms in total. The molecule has 0 aliphatic carbocycles. The minimum atomic E-state index is -0.439. The highest BCUT2D eigenvalue weighted by Crippen LogP contribution is 2.29. The molecule has 2 rings (SSSR count). The Hall–Kier alpha value is -2.56. The van der Waals surface area contributed by atoms with Crippen LogP contribution in [0, 0.1) is 5.82 Å². The highest BCUT2D eigenvalue weighted by molar-refractivity contribution is 5.94. The van der Waals surface area contributed by atoms with Crippen LogP contribution in [-0.2, 0) is 0 Å². The maximum atomic E-state index is 13.2. The molecule has 0 saturated carbocycles. The monoisotopic (exact) mass is 303 g/mol. The Morgan fingerprint density at radius 3 is 2.45 bits per heavy atom. The number of carbonyl (C=O) groups is 1. The molecule has 0 radical (unpaired) electrons. The topological polar surface area (TPSA) is 47.6 Å². The second kappa shape index (κ2) is 6.93. The predicted molar refractivity (Wildman–Crippen MR) is 81.8 cm³/mol. The van der Waals surface area contributed by atoms with Crippen LogP contribution in [-0.4, -0.2) is 20.1 Å². The quantitative estimate of drug-likeness (QED) is 0.921. The predicted octanol–water partition coefficient (Wildman–Crippen LogP) is 3.33. The highest BCUT2D eigenvalue weighted by Gasteiger charge is 2.14. The average Bonchev–Trinajstić information content (AvgIpc) is 2.54. The van der Waals surface area contributed by atoms with E-state index in [2.05, 4.69) is 5.32 Å². The molecule has 2 aromatic rings. The van der Waals surface area contributed by atoms with Crippen molar-refractivity contribution in [3.8, 4) is 11.5 Å². The van der Waals surface area contributed by atoms with Gasteiger partial charge in [-0.15, -0.1) is 0 Å². The molecule has 22 heavy (non-hydrogen) atoms. The Morgan fingerprint density at radius 2 is 1.82 bits per heavy atom. The zero-order valence-corrected chi connectivity index (χ0v) is 12.7. The zero-order chi connectivity index (χ0) is 16.1. The molecule has 5 heteroatoms. The summed E-state index contributed by atoms with van der Waals surface area (Å²) < 4.78 is 23.6. The van der Waals surface area contributed by atoms with E-state index in [9.17, 15) is 9.18 Å². The van der Waals surface area contributed by atoms with Crippen molar-refractivity contribution in [2.24, 2.45) is 0 Å². The van der Waals surface area contributed by atoms with Gasteiger partial charge in [0.2, 0.25) is 0 Å². The molecule has 2 aromatic carbocycles. The lowest BCUT2D eigenvalue weighted by molar-refractivity contribution is 0.0939. The van der Waals surface area contributed by atoms with Crippen molar-refractivity contribution >= 4 is 5.91 Å². The molecule has 0 unspecified atom stereocenters. The lowest BCUT2D eigenvalue weighted by Crippen LogP contribution is -2.26. The number of nitrogens with one attached hydrogen (secondary N) is 1. The van der Waals surface area contributed by atoms with Gasteiger partial charge in [-0.3, -0.25) is 4.79 Å². The Kier molecular flexibility index (Phi) is 4.99. The molecule has 0 aliphatic rings. The van der Waals surface area contributed by atoms with E-state index in [0.29, 0.717) is 11.5 Å². The SMILES string of the molecule is COc1ccc([C@@H](C)NC(=O)c2cccc(F)c2)cc1OC. The molecule has 1 N–H and O–H groups in total. The summed E-state index contributed by atoms with van der Waals surface area (Å²) in [6, 6.07) is 10.7. The van der Waals surface area contributed by atoms with Gasteiger partial charge in [0, 0.05) is 5.56 Å². The number of ether oxygens (including phenoxy) is 2. The third-order valence-electron chi connectivity index (χ3n) is 3.34. The minimum absolute atomic E-state index is 0.254. The van der Waals surface area contributed by atoms with Gasteiger partial charge in [-0.2, -0.15) is 0 Å². The molecule has 1 amide bonds. The fourth-order valence-electron chi connectivity index (χ4n) is 2.12. The van der Waals surface area contributed by atoms with E-state index in [-0.39, 0.29) is 17.5 Å². The standard InChI is InChI=1S/C17H18FNO3/c1-11(12-7-8-15(21-2)16(10-12)22-3)19-17(20)13-5-4-6-14(18)9-13/h4-11H,1-3H3,(H,19,20)/t11-/m1/s1. The van der Waals surface area contributed by atoms with E-state index in [1.807, 2.05) is 13.0 Å². The summed E-state index contributed by atoms with van der Waals surface area (Å²) in [6.07, 6.45) is 0. The maximum absolute atomic E-state index is 13.2. The van der Waals surface area contributed by atoms with Crippen LogP contribution in [0.25, 0.3) is 0 Å². The van der Waals surface area contributed by atoms with Crippen molar-refractivity contribution in [1.82, 2.24) is 5.32 Å². The number of halogens is 1. The van der Waals surface area contributed by atoms with Gasteiger partial charge in [0.15, 0.2) is 11.5 Å². The molecule has 0 saturated heterocycles. The molecule has 0 bridgehead atoms. The van der Waals surface area contributed by atoms with Crippen molar-refractivity contribution in [3.63, 3.8) is 0 Å². The highest BCUT2D eigenvalue weighted by atomic mass is 19.1. The molecule has 116 valence electrons. The summed E-state index contributed by atoms with van der Waals surface area (Å²) in [5, 5.41) is 2.83. The van der Waals surface area contributed by atoms with Crippen LogP contribution in [0.5, 0.6) is 11.5 Å². The second-order valence-electron chi connectivity index (χ2n) is 4.82. The Balaban J connectivity index is 2.15. The van der Waals surface area contributed by atoms with Crippen molar-refractivity contribution in [2.75, 3.05) is 14.2 Å². The minimum Gasteiger partial charge on any atom is -0.493 e. The van der Waals surface area contributed by atoms with Crippen molar-refractivity contribution in [1.29, 1.82) is 0 Å². The smallest absolute Gasteiger partial charge is 0.251 e. The first-order valence-electron chi connectivity index (χ1n) is 6.83. The number of carbonyl (C=O) groups excluding carboxylic acids is 1. The van der Waals surface area contributed by atoms with Gasteiger partial charge >= 0.3 is 0 Å². The van der Waals surface area contributed by atoms with E-state index >= 15 is 0 Å². The number of methoxy groups -OCH3 is 2. The van der Waals surface area contributed by atoms with Crippen LogP contribution in [0.2, 0.25) is 0 Å². The summed E-state index contributed by atoms with van der Waals surface area (Å²) in [5.41, 5.74) is 1.15. The van der Waals surface area contributed by atoms with Crippen molar-refractivity contribution in [3.05, 3.63) is 59.4 Å². The van der Waals surface area contributed by atoms with Crippen molar-refractivity contribution in [2.45, 2.75) is 13.0 Å². The maximum Gasteiger partial charge on any atom is 0.251 e. The van der Waals surface area contributed by atoms with Crippen molar-refractivity contribution < 1.29 is 18.7 Å². The number of rotatable bonds is 5. The van der Waals surface area contributed by atoms with Gasteiger partial charge in [0.25, 0.3) is 5.91 Å². The fourth-order valence-corrected chi connectivity index (χ4v) is 2.12. The van der Waals surface area contributed by atoms with Gasteiger partial charge in [-0.25, -0.2) is 4.39 Å². The number of amides is 1. The Morgan fingerprint density at radius 1 is 1.09 bits per heavy atom. The van der Waals surface area contributed by atoms with Crippen LogP contribution in [0.3, 0.4) is 0 Å². The largest absolute Gasteiger partial charge is 0.493 e. The molecule has 0 aliphatic heterocycles. The van der Waals surface area contributed by atoms with Gasteiger partial charge in [-0.1, -0.05) is 12.1 Å². The lowest BCUT2D eigenvalue weighted by atomic mass is 10.1. The summed E-state index contributed by atoms with van der Waals surface area (Å²) in [4.78, 5) is 12.1. The van der Waals surface area contributed by atoms with E-state index in [1.54, 1.807) is 32.4 Å². The third-order valence-corrected chi connectivity index (χ3v) is 3.34. The fraction of sp³-hybridized carbons (Fsp3) is 0.235. The molecule has 0 spiro atoms. The van der Waals surface area contributed by atoms with E-state index in [4.69, 9.17) is 9.47 Å². The van der Waals surface area contributed by atoms with Crippen LogP contribution < -0.4 is 14.8 Å². The Bertz CT molecular complexity index is 673. The molecular weight excluding hydrogens is 285 g/mol. The first-order valence-corrected chi connectivity index (χ1v) is 6.83. The van der Waals surface area contributed by atoms with Gasteiger partial charge in [-0.05, 0) is 42.8 Å². The van der Waals surface area contributed by atoms with Gasteiger partial charge in [0.1, 0.15) is 5.82 Å². The molecule has 0 heterocycles. The first kappa shape index (κ1) is 15.8. The zero-order valence-electron chi connectivity index (χ0n) is 12.7. The molecule has 0 fully saturated rings. The summed E-state index contributed by atoms with van der Waals surface area (Å²) >= 11 is 0. The van der Waals surface area contributed by atoms with Crippen LogP contribution >= 0.6 is 0 Å². The average molecular weight is 303 g/mol. The first-order chi connectivity index (χ1) is 10.5. The summed E-state index contributed by atoms with van der Waals surface area (Å²) in [5.74, 6) is 0.440. The normalized spacial score (nSPS) is 11.6. The lowest BCUT2D eigenvalue weighted by Gasteiger charge is -2.16. The molecular formula is C17H18FNO3. The van der Waals surface area contributed by atoms with E-state index < -0.39 is 5.82 Å².